The first-order chi connectivity index (χ1) is 27.3. The molecule has 0 aliphatic heterocycles. The maximum absolute atomic E-state index is 6.44. The lowest BCUT2D eigenvalue weighted by Crippen LogP contribution is -1.94. The molecule has 3 nitrogen and oxygen atoms in total. The molecule has 9 aromatic carbocycles. The van der Waals surface area contributed by atoms with E-state index in [0.29, 0.717) is 0 Å². The van der Waals surface area contributed by atoms with E-state index in [-0.39, 0.29) is 0 Å². The zero-order valence-electron chi connectivity index (χ0n) is 29.8. The molecule has 0 atom stereocenters. The minimum Gasteiger partial charge on any atom is -0.456 e. The third kappa shape index (κ3) is 4.44. The lowest BCUT2D eigenvalue weighted by atomic mass is 9.92. The van der Waals surface area contributed by atoms with E-state index >= 15 is 0 Å². The first-order valence-corrected chi connectivity index (χ1v) is 18.8. The number of fused-ring (bicyclic) bond motifs is 10. The Morgan fingerprint density at radius 2 is 0.909 bits per heavy atom. The SMILES string of the molecule is c1ccc(-c2c3ccccc3cc3c2c2cc(-c4ccc5c(c4)c4ccccc4n5-c4ccccc4)ccc2n3-c2ccc3c(c2)oc2ccccc23)cc1. The average molecular weight is 701 g/mol. The molecule has 3 heterocycles. The molecule has 256 valence electrons. The van der Waals surface area contributed by atoms with Crippen LogP contribution in [0.1, 0.15) is 0 Å². The van der Waals surface area contributed by atoms with Crippen LogP contribution in [0, 0.1) is 0 Å². The van der Waals surface area contributed by atoms with Gasteiger partial charge in [0.15, 0.2) is 0 Å². The molecule has 0 spiro atoms. The Morgan fingerprint density at radius 1 is 0.309 bits per heavy atom. The quantitative estimate of drug-likeness (QED) is 0.179. The van der Waals surface area contributed by atoms with Gasteiger partial charge >= 0.3 is 0 Å². The molecular formula is C52H32N2O. The van der Waals surface area contributed by atoms with Gasteiger partial charge in [-0.2, -0.15) is 0 Å². The molecular weight excluding hydrogens is 669 g/mol. The van der Waals surface area contributed by atoms with Crippen molar-refractivity contribution in [2.45, 2.75) is 0 Å². The van der Waals surface area contributed by atoms with E-state index in [1.165, 1.54) is 71.1 Å². The molecule has 0 saturated heterocycles. The van der Waals surface area contributed by atoms with Gasteiger partial charge in [-0.15, -0.1) is 0 Å². The highest BCUT2D eigenvalue weighted by Crippen LogP contribution is 2.45. The fourth-order valence-corrected chi connectivity index (χ4v) is 9.07. The molecule has 12 aromatic rings. The second-order valence-electron chi connectivity index (χ2n) is 14.5. The average Bonchev–Trinajstić information content (AvgIpc) is 3.90. The Bertz CT molecular complexity index is 3470. The van der Waals surface area contributed by atoms with E-state index in [4.69, 9.17) is 4.42 Å². The summed E-state index contributed by atoms with van der Waals surface area (Å²) >= 11 is 0. The number of hydrogen-bond acceptors (Lipinski definition) is 1. The molecule has 0 radical (unpaired) electrons. The Balaban J connectivity index is 1.16. The Kier molecular flexibility index (Phi) is 6.34. The first kappa shape index (κ1) is 30.1. The summed E-state index contributed by atoms with van der Waals surface area (Å²) < 4.78 is 11.2. The van der Waals surface area contributed by atoms with Crippen LogP contribution in [-0.4, -0.2) is 9.13 Å². The molecule has 0 aliphatic rings. The van der Waals surface area contributed by atoms with Gasteiger partial charge in [0.1, 0.15) is 11.2 Å². The van der Waals surface area contributed by atoms with Crippen molar-refractivity contribution in [3.05, 3.63) is 194 Å². The molecule has 0 N–H and O–H groups in total. The van der Waals surface area contributed by atoms with Crippen LogP contribution >= 0.6 is 0 Å². The van der Waals surface area contributed by atoms with Gasteiger partial charge in [-0.25, -0.2) is 0 Å². The van der Waals surface area contributed by atoms with Crippen molar-refractivity contribution < 1.29 is 4.42 Å². The van der Waals surface area contributed by atoms with Gasteiger partial charge in [0.25, 0.3) is 0 Å². The maximum Gasteiger partial charge on any atom is 0.137 e. The van der Waals surface area contributed by atoms with Gasteiger partial charge in [-0.1, -0.05) is 121 Å². The summed E-state index contributed by atoms with van der Waals surface area (Å²) in [5.41, 5.74) is 13.6. The molecule has 0 unspecified atom stereocenters. The smallest absolute Gasteiger partial charge is 0.137 e. The monoisotopic (exact) mass is 700 g/mol. The third-order valence-corrected chi connectivity index (χ3v) is 11.5. The molecule has 3 aromatic heterocycles. The fourth-order valence-electron chi connectivity index (χ4n) is 9.07. The number of nitrogens with zero attached hydrogens (tertiary/aromatic N) is 2. The predicted octanol–water partition coefficient (Wildman–Crippen LogP) is 14.3. The van der Waals surface area contributed by atoms with E-state index in [1.54, 1.807) is 0 Å². The van der Waals surface area contributed by atoms with Gasteiger partial charge < -0.3 is 13.6 Å². The van der Waals surface area contributed by atoms with Crippen LogP contribution < -0.4 is 0 Å². The van der Waals surface area contributed by atoms with E-state index < -0.39 is 0 Å². The summed E-state index contributed by atoms with van der Waals surface area (Å²) in [6.45, 7) is 0. The van der Waals surface area contributed by atoms with Crippen molar-refractivity contribution in [2.75, 3.05) is 0 Å². The van der Waals surface area contributed by atoms with Gasteiger partial charge in [0, 0.05) is 49.8 Å². The Morgan fingerprint density at radius 3 is 1.73 bits per heavy atom. The molecule has 55 heavy (non-hydrogen) atoms. The number of para-hydroxylation sites is 3. The van der Waals surface area contributed by atoms with Gasteiger partial charge in [0.2, 0.25) is 0 Å². The zero-order valence-corrected chi connectivity index (χ0v) is 29.8. The van der Waals surface area contributed by atoms with Crippen LogP contribution in [0.15, 0.2) is 199 Å². The lowest BCUT2D eigenvalue weighted by Gasteiger charge is -2.12. The highest BCUT2D eigenvalue weighted by molar-refractivity contribution is 6.23. The zero-order chi connectivity index (χ0) is 36.0. The van der Waals surface area contributed by atoms with Crippen LogP contribution in [-0.2, 0) is 0 Å². The highest BCUT2D eigenvalue weighted by atomic mass is 16.3. The normalized spacial score (nSPS) is 12.0. The minimum absolute atomic E-state index is 0.886. The Hall–Kier alpha value is -7.36. The van der Waals surface area contributed by atoms with Crippen molar-refractivity contribution in [3.63, 3.8) is 0 Å². The number of furan rings is 1. The molecule has 0 bridgehead atoms. The molecule has 12 rings (SSSR count). The van der Waals surface area contributed by atoms with Crippen molar-refractivity contribution in [2.24, 2.45) is 0 Å². The topological polar surface area (TPSA) is 23.0 Å². The number of rotatable bonds is 4. The number of hydrogen-bond donors (Lipinski definition) is 0. The minimum atomic E-state index is 0.886. The van der Waals surface area contributed by atoms with E-state index in [2.05, 4.69) is 191 Å². The summed E-state index contributed by atoms with van der Waals surface area (Å²) in [6, 6.07) is 70.3. The van der Waals surface area contributed by atoms with Crippen molar-refractivity contribution >= 4 is 76.3 Å². The summed E-state index contributed by atoms with van der Waals surface area (Å²) in [5.74, 6) is 0. The predicted molar refractivity (Wildman–Crippen MR) is 231 cm³/mol. The van der Waals surface area contributed by atoms with Gasteiger partial charge in [-0.05, 0) is 99.8 Å². The van der Waals surface area contributed by atoms with Crippen LogP contribution in [0.25, 0.3) is 110 Å². The van der Waals surface area contributed by atoms with Gasteiger partial charge in [0.05, 0.1) is 22.1 Å². The van der Waals surface area contributed by atoms with Crippen LogP contribution in [0.5, 0.6) is 0 Å². The lowest BCUT2D eigenvalue weighted by molar-refractivity contribution is 0.668. The largest absolute Gasteiger partial charge is 0.456 e. The third-order valence-electron chi connectivity index (χ3n) is 11.5. The Labute approximate surface area is 316 Å². The van der Waals surface area contributed by atoms with Crippen LogP contribution in [0.4, 0.5) is 0 Å². The van der Waals surface area contributed by atoms with Crippen molar-refractivity contribution in [1.82, 2.24) is 9.13 Å². The molecule has 0 amide bonds. The number of benzene rings is 9. The van der Waals surface area contributed by atoms with Crippen LogP contribution in [0.2, 0.25) is 0 Å². The summed E-state index contributed by atoms with van der Waals surface area (Å²) in [7, 11) is 0. The summed E-state index contributed by atoms with van der Waals surface area (Å²) in [5, 5.41) is 9.67. The second kappa shape index (κ2) is 11.6. The van der Waals surface area contributed by atoms with Crippen LogP contribution in [0.3, 0.4) is 0 Å². The first-order valence-electron chi connectivity index (χ1n) is 18.8. The number of aromatic nitrogens is 2. The van der Waals surface area contributed by atoms with E-state index in [0.717, 1.165) is 38.8 Å². The molecule has 0 aliphatic carbocycles. The van der Waals surface area contributed by atoms with Gasteiger partial charge in [-0.3, -0.25) is 0 Å². The molecule has 0 saturated carbocycles. The van der Waals surface area contributed by atoms with E-state index in [1.807, 2.05) is 12.1 Å². The standard InChI is InChI=1S/C52H32N2O/c1-3-13-33(14-4-1)51-39-18-8-7-15-36(39)31-48-52(51)44-30-35(24-28-47(44)54(48)38-25-26-42-41-20-10-12-22-49(41)55-50(42)32-38)34-23-27-46-43(29-34)40-19-9-11-21-45(40)53(46)37-16-5-2-6-17-37/h1-32H. The van der Waals surface area contributed by atoms with Crippen molar-refractivity contribution in [3.8, 4) is 33.6 Å². The molecule has 3 heteroatoms. The van der Waals surface area contributed by atoms with E-state index in [9.17, 15) is 0 Å². The second-order valence-corrected chi connectivity index (χ2v) is 14.5. The summed E-state index contributed by atoms with van der Waals surface area (Å²) in [6.07, 6.45) is 0. The van der Waals surface area contributed by atoms with Crippen molar-refractivity contribution in [1.29, 1.82) is 0 Å². The fraction of sp³-hybridized carbons (Fsp3) is 0. The summed E-state index contributed by atoms with van der Waals surface area (Å²) in [4.78, 5) is 0. The maximum atomic E-state index is 6.44. The molecule has 0 fully saturated rings. The highest BCUT2D eigenvalue weighted by Gasteiger charge is 2.21.